The molecule has 0 bridgehead atoms. The summed E-state index contributed by atoms with van der Waals surface area (Å²) in [6.45, 7) is 3.98. The molecule has 0 atom stereocenters. The van der Waals surface area contributed by atoms with Crippen LogP contribution in [-0.4, -0.2) is 19.9 Å². The number of hydrogen-bond donors (Lipinski definition) is 3. The van der Waals surface area contributed by atoms with Gasteiger partial charge in [0.2, 0.25) is 0 Å². The van der Waals surface area contributed by atoms with Crippen molar-refractivity contribution in [2.45, 2.75) is 20.3 Å². The molecule has 2 aromatic rings. The molecule has 7 heteroatoms. The summed E-state index contributed by atoms with van der Waals surface area (Å²) in [5, 5.41) is 0.853. The Morgan fingerprint density at radius 1 is 1.25 bits per heavy atom. The molecule has 20 heavy (non-hydrogen) atoms. The number of nitrogens with one attached hydrogen (secondary N) is 3. The van der Waals surface area contributed by atoms with E-state index in [0.29, 0.717) is 29.7 Å². The maximum Gasteiger partial charge on any atom is 0.299 e. The summed E-state index contributed by atoms with van der Waals surface area (Å²) in [5.74, 6) is 0. The van der Waals surface area contributed by atoms with Crippen molar-refractivity contribution in [2.24, 2.45) is 0 Å². The number of aryl methyl sites for hydroxylation is 1. The molecule has 0 aliphatic rings. The first kappa shape index (κ1) is 14.5. The van der Waals surface area contributed by atoms with E-state index >= 15 is 0 Å². The maximum atomic E-state index is 11.7. The van der Waals surface area contributed by atoms with E-state index in [4.69, 9.17) is 0 Å². The quantitative estimate of drug-likeness (QED) is 0.780. The van der Waals surface area contributed by atoms with Crippen molar-refractivity contribution < 1.29 is 8.42 Å². The molecular weight excluding hydrogens is 278 g/mol. The van der Waals surface area contributed by atoms with E-state index in [1.54, 1.807) is 31.2 Å². The van der Waals surface area contributed by atoms with Crippen LogP contribution in [0.5, 0.6) is 0 Å². The fourth-order valence-electron chi connectivity index (χ4n) is 1.80. The van der Waals surface area contributed by atoms with Crippen molar-refractivity contribution in [2.75, 3.05) is 11.3 Å². The molecule has 0 aliphatic heterocycles. The van der Waals surface area contributed by atoms with Crippen LogP contribution in [0.1, 0.15) is 18.9 Å². The van der Waals surface area contributed by atoms with E-state index in [1.165, 1.54) is 0 Å². The topological polar surface area (TPSA) is 91.1 Å². The fourth-order valence-corrected chi connectivity index (χ4v) is 2.78. The highest BCUT2D eigenvalue weighted by molar-refractivity contribution is 7.90. The Morgan fingerprint density at radius 2 is 2.00 bits per heavy atom. The third-order valence-electron chi connectivity index (χ3n) is 2.83. The summed E-state index contributed by atoms with van der Waals surface area (Å²) >= 11 is 0. The largest absolute Gasteiger partial charge is 0.322 e. The van der Waals surface area contributed by atoms with Crippen LogP contribution in [0, 0.1) is 6.92 Å². The zero-order chi connectivity index (χ0) is 14.8. The highest BCUT2D eigenvalue weighted by Crippen LogP contribution is 2.17. The Kier molecular flexibility index (Phi) is 4.10. The minimum absolute atomic E-state index is 0.179. The van der Waals surface area contributed by atoms with Crippen molar-refractivity contribution >= 4 is 26.8 Å². The van der Waals surface area contributed by atoms with Gasteiger partial charge < -0.3 is 4.98 Å². The third-order valence-corrected chi connectivity index (χ3v) is 3.91. The molecular formula is C13H17N3O3S. The number of anilines is 1. The minimum atomic E-state index is -3.58. The van der Waals surface area contributed by atoms with E-state index < -0.39 is 10.2 Å². The van der Waals surface area contributed by atoms with Crippen LogP contribution in [0.4, 0.5) is 5.69 Å². The van der Waals surface area contributed by atoms with Gasteiger partial charge >= 0.3 is 0 Å². The van der Waals surface area contributed by atoms with Crippen LogP contribution in [0.3, 0.4) is 0 Å². The van der Waals surface area contributed by atoms with E-state index in [9.17, 15) is 13.2 Å². The second-order valence-corrected chi connectivity index (χ2v) is 6.08. The van der Waals surface area contributed by atoms with Crippen molar-refractivity contribution in [1.82, 2.24) is 9.71 Å². The van der Waals surface area contributed by atoms with Gasteiger partial charge in [-0.1, -0.05) is 13.0 Å². The third kappa shape index (κ3) is 3.37. The van der Waals surface area contributed by atoms with E-state index in [1.807, 2.05) is 6.92 Å². The van der Waals surface area contributed by atoms with Crippen LogP contribution < -0.4 is 15.0 Å². The second-order valence-electron chi connectivity index (χ2n) is 4.58. The lowest BCUT2D eigenvalue weighted by Crippen LogP contribution is -2.30. The van der Waals surface area contributed by atoms with Crippen molar-refractivity contribution in [3.63, 3.8) is 0 Å². The molecule has 1 heterocycles. The summed E-state index contributed by atoms with van der Waals surface area (Å²) in [5.41, 5.74) is 1.44. The number of aromatic nitrogens is 1. The first-order chi connectivity index (χ1) is 9.41. The van der Waals surface area contributed by atoms with Gasteiger partial charge in [0.1, 0.15) is 0 Å². The molecule has 0 amide bonds. The lowest BCUT2D eigenvalue weighted by atomic mass is 10.1. The van der Waals surface area contributed by atoms with Crippen LogP contribution in [-0.2, 0) is 10.2 Å². The molecule has 1 aromatic heterocycles. The Bertz CT molecular complexity index is 781. The summed E-state index contributed by atoms with van der Waals surface area (Å²) in [6, 6.07) is 6.78. The molecule has 108 valence electrons. The van der Waals surface area contributed by atoms with Crippen LogP contribution in [0.2, 0.25) is 0 Å². The van der Waals surface area contributed by atoms with E-state index in [0.717, 1.165) is 5.39 Å². The van der Waals surface area contributed by atoms with E-state index in [-0.39, 0.29) is 5.56 Å². The first-order valence-electron chi connectivity index (χ1n) is 6.32. The summed E-state index contributed by atoms with van der Waals surface area (Å²) in [7, 11) is -3.58. The van der Waals surface area contributed by atoms with Gasteiger partial charge in [0.05, 0.1) is 11.2 Å². The molecule has 0 radical (unpaired) electrons. The number of benzene rings is 1. The normalized spacial score (nSPS) is 11.7. The Labute approximate surface area is 117 Å². The monoisotopic (exact) mass is 295 g/mol. The zero-order valence-corrected chi connectivity index (χ0v) is 12.2. The van der Waals surface area contributed by atoms with Gasteiger partial charge in [0, 0.05) is 12.1 Å². The predicted octanol–water partition coefficient (Wildman–Crippen LogP) is 1.49. The smallest absolute Gasteiger partial charge is 0.299 e. The molecule has 2 rings (SSSR count). The molecule has 0 spiro atoms. The molecule has 0 unspecified atom stereocenters. The number of rotatable bonds is 5. The molecule has 0 aliphatic carbocycles. The first-order valence-corrected chi connectivity index (χ1v) is 7.80. The highest BCUT2D eigenvalue weighted by atomic mass is 32.2. The molecule has 0 saturated heterocycles. The van der Waals surface area contributed by atoms with Crippen LogP contribution in [0.25, 0.3) is 10.9 Å². The van der Waals surface area contributed by atoms with Gasteiger partial charge in [-0.25, -0.2) is 0 Å². The summed E-state index contributed by atoms with van der Waals surface area (Å²) in [6.07, 6.45) is 0.714. The van der Waals surface area contributed by atoms with Crippen molar-refractivity contribution in [1.29, 1.82) is 0 Å². The van der Waals surface area contributed by atoms with Crippen molar-refractivity contribution in [3.8, 4) is 0 Å². The van der Waals surface area contributed by atoms with Gasteiger partial charge in [-0.2, -0.15) is 13.1 Å². The van der Waals surface area contributed by atoms with Gasteiger partial charge in [-0.3, -0.25) is 9.52 Å². The second kappa shape index (κ2) is 5.64. The molecule has 6 nitrogen and oxygen atoms in total. The van der Waals surface area contributed by atoms with Gasteiger partial charge in [-0.05, 0) is 36.9 Å². The molecule has 0 saturated carbocycles. The highest BCUT2D eigenvalue weighted by Gasteiger charge is 2.09. The molecule has 3 N–H and O–H groups in total. The SMILES string of the molecule is CCCNS(=O)(=O)Nc1ccc2cc(C)c(=O)[nH]c2c1. The molecule has 0 fully saturated rings. The predicted molar refractivity (Wildman–Crippen MR) is 80.1 cm³/mol. The number of pyridine rings is 1. The Hall–Kier alpha value is -1.86. The van der Waals surface area contributed by atoms with E-state index in [2.05, 4.69) is 14.4 Å². The van der Waals surface area contributed by atoms with Crippen LogP contribution >= 0.6 is 0 Å². The lowest BCUT2D eigenvalue weighted by Gasteiger charge is -2.09. The number of aromatic amines is 1. The number of hydrogen-bond acceptors (Lipinski definition) is 3. The number of H-pyrrole nitrogens is 1. The lowest BCUT2D eigenvalue weighted by molar-refractivity contribution is 0.586. The maximum absolute atomic E-state index is 11.7. The minimum Gasteiger partial charge on any atom is -0.322 e. The average Bonchev–Trinajstić information content (AvgIpc) is 2.38. The van der Waals surface area contributed by atoms with Gasteiger partial charge in [-0.15, -0.1) is 0 Å². The summed E-state index contributed by atoms with van der Waals surface area (Å²) in [4.78, 5) is 14.3. The number of fused-ring (bicyclic) bond motifs is 1. The molecule has 1 aromatic carbocycles. The Morgan fingerprint density at radius 3 is 2.70 bits per heavy atom. The zero-order valence-electron chi connectivity index (χ0n) is 11.4. The van der Waals surface area contributed by atoms with Gasteiger partial charge in [0.25, 0.3) is 15.8 Å². The van der Waals surface area contributed by atoms with Crippen molar-refractivity contribution in [3.05, 3.63) is 40.2 Å². The van der Waals surface area contributed by atoms with Gasteiger partial charge in [0.15, 0.2) is 0 Å². The summed E-state index contributed by atoms with van der Waals surface area (Å²) < 4.78 is 28.3. The Balaban J connectivity index is 2.33. The average molecular weight is 295 g/mol. The standard InChI is InChI=1S/C13H17N3O3S/c1-3-6-14-20(18,19)16-11-5-4-10-7-9(2)13(17)15-12(10)8-11/h4-5,7-8,14,16H,3,6H2,1-2H3,(H,15,17). The fraction of sp³-hybridized carbons (Fsp3) is 0.308. The van der Waals surface area contributed by atoms with Crippen LogP contribution in [0.15, 0.2) is 29.1 Å².